The summed E-state index contributed by atoms with van der Waals surface area (Å²) in [6.45, 7) is 7.40. The molecule has 0 radical (unpaired) electrons. The highest BCUT2D eigenvalue weighted by molar-refractivity contribution is 14.0. The van der Waals surface area contributed by atoms with Crippen molar-refractivity contribution in [2.45, 2.75) is 37.6 Å². The van der Waals surface area contributed by atoms with Crippen molar-refractivity contribution in [1.82, 2.24) is 10.6 Å². The van der Waals surface area contributed by atoms with Crippen molar-refractivity contribution in [3.05, 3.63) is 59.2 Å². The minimum absolute atomic E-state index is 0. The van der Waals surface area contributed by atoms with Crippen LogP contribution in [0, 0.1) is 6.92 Å². The highest BCUT2D eigenvalue weighted by Crippen LogP contribution is 2.24. The van der Waals surface area contributed by atoms with Gasteiger partial charge in [-0.3, -0.25) is 4.99 Å². The van der Waals surface area contributed by atoms with Gasteiger partial charge in [0.15, 0.2) is 15.8 Å². The Labute approximate surface area is 197 Å². The molecule has 0 aliphatic rings. The molecule has 0 bridgehead atoms. The van der Waals surface area contributed by atoms with E-state index < -0.39 is 9.84 Å². The van der Waals surface area contributed by atoms with E-state index in [-0.39, 0.29) is 29.4 Å². The van der Waals surface area contributed by atoms with E-state index in [1.807, 2.05) is 31.2 Å². The van der Waals surface area contributed by atoms with Crippen molar-refractivity contribution in [3.8, 4) is 5.75 Å². The van der Waals surface area contributed by atoms with Gasteiger partial charge in [0.05, 0.1) is 12.0 Å². The second-order valence-corrected chi connectivity index (χ2v) is 9.75. The van der Waals surface area contributed by atoms with Gasteiger partial charge in [0.2, 0.25) is 0 Å². The molecule has 0 aliphatic heterocycles. The number of guanidine groups is 1. The lowest BCUT2D eigenvalue weighted by Gasteiger charge is -2.27. The monoisotopic (exact) mass is 545 g/mol. The summed E-state index contributed by atoms with van der Waals surface area (Å²) in [5.74, 6) is 1.53. The lowest BCUT2D eigenvalue weighted by molar-refractivity contribution is 0.414. The smallest absolute Gasteiger partial charge is 0.191 e. The Morgan fingerprint density at radius 3 is 2.23 bits per heavy atom. The number of nitrogens with one attached hydrogen (secondary N) is 2. The number of halogens is 1. The molecule has 0 unspecified atom stereocenters. The Morgan fingerprint density at radius 2 is 1.73 bits per heavy atom. The van der Waals surface area contributed by atoms with Crippen molar-refractivity contribution in [2.75, 3.05) is 27.0 Å². The van der Waals surface area contributed by atoms with E-state index >= 15 is 0 Å². The normalized spacial score (nSPS) is 12.1. The first-order valence-corrected chi connectivity index (χ1v) is 11.3. The average molecular weight is 545 g/mol. The second kappa shape index (κ2) is 11.0. The number of nitrogens with zero attached hydrogens (tertiary/aromatic N) is 1. The van der Waals surface area contributed by atoms with Crippen LogP contribution >= 0.6 is 24.0 Å². The molecule has 0 atom stereocenters. The van der Waals surface area contributed by atoms with Gasteiger partial charge in [-0.2, -0.15) is 0 Å². The van der Waals surface area contributed by atoms with Crippen LogP contribution in [0.1, 0.15) is 30.5 Å². The number of methoxy groups -OCH3 is 1. The van der Waals surface area contributed by atoms with Crippen LogP contribution in [0.4, 0.5) is 0 Å². The molecule has 0 saturated carbocycles. The van der Waals surface area contributed by atoms with Gasteiger partial charge in [-0.15, -0.1) is 24.0 Å². The zero-order chi connectivity index (χ0) is 21.7. The number of sulfone groups is 1. The van der Waals surface area contributed by atoms with Crippen LogP contribution in [0.2, 0.25) is 0 Å². The molecule has 2 N–H and O–H groups in total. The predicted octanol–water partition coefficient (Wildman–Crippen LogP) is 3.67. The second-order valence-electron chi connectivity index (χ2n) is 7.76. The molecular weight excluding hydrogens is 513 g/mol. The van der Waals surface area contributed by atoms with Crippen molar-refractivity contribution in [3.63, 3.8) is 0 Å². The summed E-state index contributed by atoms with van der Waals surface area (Å²) in [6.07, 6.45) is 1.23. The van der Waals surface area contributed by atoms with E-state index in [0.717, 1.165) is 16.9 Å². The Balaban J connectivity index is 0.00000450. The number of benzene rings is 2. The van der Waals surface area contributed by atoms with Gasteiger partial charge < -0.3 is 15.4 Å². The van der Waals surface area contributed by atoms with Gasteiger partial charge in [-0.05, 0) is 41.8 Å². The van der Waals surface area contributed by atoms with Crippen molar-refractivity contribution in [1.29, 1.82) is 0 Å². The zero-order valence-corrected chi connectivity index (χ0v) is 21.6. The van der Waals surface area contributed by atoms with Gasteiger partial charge in [0.1, 0.15) is 5.75 Å². The zero-order valence-electron chi connectivity index (χ0n) is 18.4. The van der Waals surface area contributed by atoms with Crippen LogP contribution in [-0.4, -0.2) is 41.3 Å². The molecule has 0 aliphatic carbocycles. The summed E-state index contributed by atoms with van der Waals surface area (Å²) in [5, 5.41) is 6.65. The van der Waals surface area contributed by atoms with E-state index in [0.29, 0.717) is 23.9 Å². The Morgan fingerprint density at radius 1 is 1.10 bits per heavy atom. The third-order valence-electron chi connectivity index (χ3n) is 4.89. The molecule has 0 spiro atoms. The van der Waals surface area contributed by atoms with E-state index in [2.05, 4.69) is 41.6 Å². The fourth-order valence-corrected chi connectivity index (χ4v) is 4.05. The number of hydrogen-bond donors (Lipinski definition) is 2. The molecule has 0 aromatic heterocycles. The number of aliphatic imine (C=N–C) groups is 1. The molecule has 8 heteroatoms. The molecule has 0 heterocycles. The molecule has 2 aromatic rings. The molecule has 2 rings (SSSR count). The molecular formula is C22H32IN3O3S. The van der Waals surface area contributed by atoms with Gasteiger partial charge >= 0.3 is 0 Å². The maximum atomic E-state index is 11.8. The highest BCUT2D eigenvalue weighted by Gasteiger charge is 2.21. The fourth-order valence-electron chi connectivity index (χ4n) is 3.09. The molecule has 0 saturated heterocycles. The minimum atomic E-state index is -3.21. The van der Waals surface area contributed by atoms with Crippen LogP contribution in [0.25, 0.3) is 0 Å². The Bertz CT molecular complexity index is 972. The van der Waals surface area contributed by atoms with Gasteiger partial charge in [0, 0.05) is 31.8 Å². The maximum absolute atomic E-state index is 11.8. The van der Waals surface area contributed by atoms with E-state index in [1.54, 1.807) is 20.2 Å². The van der Waals surface area contributed by atoms with Crippen LogP contribution in [0.5, 0.6) is 5.75 Å². The van der Waals surface area contributed by atoms with E-state index in [4.69, 9.17) is 4.74 Å². The summed E-state index contributed by atoms with van der Waals surface area (Å²) < 4.78 is 28.7. The summed E-state index contributed by atoms with van der Waals surface area (Å²) in [5.41, 5.74) is 2.84. The summed E-state index contributed by atoms with van der Waals surface area (Å²) in [4.78, 5) is 4.65. The number of ether oxygens (including phenoxy) is 1. The van der Waals surface area contributed by atoms with Crippen LogP contribution < -0.4 is 15.4 Å². The van der Waals surface area contributed by atoms with Crippen LogP contribution in [-0.2, 0) is 21.8 Å². The van der Waals surface area contributed by atoms with Gasteiger partial charge in [0.25, 0.3) is 0 Å². The topological polar surface area (TPSA) is 79.8 Å². The Hall–Kier alpha value is -1.81. The standard InChI is InChI=1S/C22H31N3O3S.HI/c1-16-13-17(7-12-20(16)29(6,26)27)14-24-21(23-4)25-15-22(2,3)18-8-10-19(28-5)11-9-18;/h7-13H,14-15H2,1-6H3,(H2,23,24,25);1H. The van der Waals surface area contributed by atoms with Crippen molar-refractivity contribution >= 4 is 39.8 Å². The quantitative estimate of drug-likeness (QED) is 0.316. The lowest BCUT2D eigenvalue weighted by Crippen LogP contribution is -2.43. The number of rotatable bonds is 7. The molecule has 2 aromatic carbocycles. The first-order valence-electron chi connectivity index (χ1n) is 9.45. The highest BCUT2D eigenvalue weighted by atomic mass is 127. The van der Waals surface area contributed by atoms with Gasteiger partial charge in [-0.1, -0.05) is 38.1 Å². The first-order chi connectivity index (χ1) is 13.6. The van der Waals surface area contributed by atoms with Crippen LogP contribution in [0.15, 0.2) is 52.4 Å². The number of hydrogen-bond acceptors (Lipinski definition) is 4. The SMILES string of the molecule is CN=C(NCc1ccc(S(C)(=O)=O)c(C)c1)NCC(C)(C)c1ccc(OC)cc1.I. The molecule has 6 nitrogen and oxygen atoms in total. The summed E-state index contributed by atoms with van der Waals surface area (Å²) in [7, 11) is 0.184. The largest absolute Gasteiger partial charge is 0.497 e. The predicted molar refractivity (Wildman–Crippen MR) is 134 cm³/mol. The van der Waals surface area contributed by atoms with Crippen molar-refractivity contribution in [2.24, 2.45) is 4.99 Å². The fraction of sp³-hybridized carbons (Fsp3) is 0.409. The first kappa shape index (κ1) is 26.2. The minimum Gasteiger partial charge on any atom is -0.497 e. The van der Waals surface area contributed by atoms with Crippen LogP contribution in [0.3, 0.4) is 0 Å². The molecule has 0 amide bonds. The molecule has 166 valence electrons. The van der Waals surface area contributed by atoms with E-state index in [9.17, 15) is 8.42 Å². The van der Waals surface area contributed by atoms with Crippen molar-refractivity contribution < 1.29 is 13.2 Å². The Kier molecular flexibility index (Phi) is 9.61. The third kappa shape index (κ3) is 7.16. The lowest BCUT2D eigenvalue weighted by atomic mass is 9.84. The summed E-state index contributed by atoms with van der Waals surface area (Å²) in [6, 6.07) is 13.4. The molecule has 30 heavy (non-hydrogen) atoms. The van der Waals surface area contributed by atoms with E-state index in [1.165, 1.54) is 11.8 Å². The third-order valence-corrected chi connectivity index (χ3v) is 6.15. The average Bonchev–Trinajstić information content (AvgIpc) is 2.67. The van der Waals surface area contributed by atoms with Gasteiger partial charge in [-0.25, -0.2) is 8.42 Å². The summed E-state index contributed by atoms with van der Waals surface area (Å²) >= 11 is 0. The molecule has 0 fully saturated rings. The number of aryl methyl sites for hydroxylation is 1. The maximum Gasteiger partial charge on any atom is 0.191 e.